The molecular formula is C13H26N2O. The van der Waals surface area contributed by atoms with E-state index >= 15 is 0 Å². The minimum atomic E-state index is 0.141. The van der Waals surface area contributed by atoms with Gasteiger partial charge in [0, 0.05) is 25.0 Å². The summed E-state index contributed by atoms with van der Waals surface area (Å²) >= 11 is 0. The summed E-state index contributed by atoms with van der Waals surface area (Å²) in [5.41, 5.74) is 0. The first kappa shape index (κ1) is 13.5. The molecular weight excluding hydrogens is 200 g/mol. The maximum absolute atomic E-state index is 12.3. The van der Waals surface area contributed by atoms with E-state index in [1.54, 1.807) is 0 Å². The molecule has 1 fully saturated rings. The molecule has 0 saturated carbocycles. The Balaban J connectivity index is 2.61. The normalized spacial score (nSPS) is 23.2. The van der Waals surface area contributed by atoms with Crippen molar-refractivity contribution in [1.29, 1.82) is 0 Å². The van der Waals surface area contributed by atoms with Crippen molar-refractivity contribution in [1.82, 2.24) is 10.2 Å². The van der Waals surface area contributed by atoms with E-state index in [0.717, 1.165) is 26.1 Å². The maximum atomic E-state index is 12.3. The van der Waals surface area contributed by atoms with E-state index < -0.39 is 0 Å². The number of nitrogens with zero attached hydrogens (tertiary/aromatic N) is 1. The van der Waals surface area contributed by atoms with Crippen LogP contribution in [0.3, 0.4) is 0 Å². The summed E-state index contributed by atoms with van der Waals surface area (Å²) < 4.78 is 0. The Morgan fingerprint density at radius 2 is 2.12 bits per heavy atom. The third-order valence-electron chi connectivity index (χ3n) is 3.72. The van der Waals surface area contributed by atoms with Crippen molar-refractivity contribution in [2.45, 2.75) is 46.6 Å². The second-order valence-electron chi connectivity index (χ2n) is 5.16. The topological polar surface area (TPSA) is 32.3 Å². The van der Waals surface area contributed by atoms with Gasteiger partial charge >= 0.3 is 0 Å². The highest BCUT2D eigenvalue weighted by atomic mass is 16.2. The number of rotatable bonds is 4. The van der Waals surface area contributed by atoms with Crippen LogP contribution in [0.5, 0.6) is 0 Å². The molecule has 0 aromatic carbocycles. The SMILES string of the molecule is CCN(C(=O)C(C)C(C)C)C1CCCNC1. The first-order chi connectivity index (χ1) is 7.57. The molecule has 2 atom stereocenters. The summed E-state index contributed by atoms with van der Waals surface area (Å²) in [5.74, 6) is 0.895. The van der Waals surface area contributed by atoms with E-state index in [2.05, 4.69) is 31.0 Å². The summed E-state index contributed by atoms with van der Waals surface area (Å²) in [4.78, 5) is 14.4. The summed E-state index contributed by atoms with van der Waals surface area (Å²) in [6, 6.07) is 0.410. The van der Waals surface area contributed by atoms with Gasteiger partial charge in [-0.15, -0.1) is 0 Å². The Labute approximate surface area is 99.6 Å². The van der Waals surface area contributed by atoms with Crippen molar-refractivity contribution < 1.29 is 4.79 Å². The van der Waals surface area contributed by atoms with Crippen molar-refractivity contribution >= 4 is 5.91 Å². The zero-order chi connectivity index (χ0) is 12.1. The van der Waals surface area contributed by atoms with Crippen LogP contribution in [0, 0.1) is 11.8 Å². The Morgan fingerprint density at radius 1 is 1.44 bits per heavy atom. The molecule has 1 rings (SSSR count). The van der Waals surface area contributed by atoms with Crippen molar-refractivity contribution in [2.75, 3.05) is 19.6 Å². The van der Waals surface area contributed by atoms with E-state index in [1.807, 2.05) is 6.92 Å². The number of carbonyl (C=O) groups excluding carboxylic acids is 1. The highest BCUT2D eigenvalue weighted by Crippen LogP contribution is 2.18. The van der Waals surface area contributed by atoms with E-state index in [9.17, 15) is 4.79 Å². The molecule has 0 aromatic rings. The fraction of sp³-hybridized carbons (Fsp3) is 0.923. The Hall–Kier alpha value is -0.570. The number of carbonyl (C=O) groups is 1. The van der Waals surface area contributed by atoms with Crippen LogP contribution in [0.25, 0.3) is 0 Å². The van der Waals surface area contributed by atoms with Gasteiger partial charge in [0.2, 0.25) is 5.91 Å². The van der Waals surface area contributed by atoms with Crippen LogP contribution in [-0.4, -0.2) is 36.5 Å². The molecule has 0 radical (unpaired) electrons. The quantitative estimate of drug-likeness (QED) is 0.794. The number of likely N-dealkylation sites (N-methyl/N-ethyl adjacent to an activating group) is 1. The average Bonchev–Trinajstić information content (AvgIpc) is 2.30. The van der Waals surface area contributed by atoms with E-state index in [4.69, 9.17) is 0 Å². The molecule has 3 heteroatoms. The smallest absolute Gasteiger partial charge is 0.225 e. The summed E-state index contributed by atoms with van der Waals surface area (Å²) in [6.07, 6.45) is 2.34. The number of hydrogen-bond acceptors (Lipinski definition) is 2. The second kappa shape index (κ2) is 6.24. The number of amides is 1. The van der Waals surface area contributed by atoms with Crippen LogP contribution < -0.4 is 5.32 Å². The third kappa shape index (κ3) is 3.21. The van der Waals surface area contributed by atoms with Gasteiger partial charge in [-0.2, -0.15) is 0 Å². The van der Waals surface area contributed by atoms with Gasteiger partial charge in [-0.05, 0) is 32.2 Å². The summed E-state index contributed by atoms with van der Waals surface area (Å²) in [6.45, 7) is 11.3. The fourth-order valence-electron chi connectivity index (χ4n) is 2.24. The highest BCUT2D eigenvalue weighted by molar-refractivity contribution is 5.79. The Kier molecular flexibility index (Phi) is 5.26. The van der Waals surface area contributed by atoms with Gasteiger partial charge in [-0.1, -0.05) is 20.8 Å². The Morgan fingerprint density at radius 3 is 2.56 bits per heavy atom. The van der Waals surface area contributed by atoms with Gasteiger partial charge in [-0.3, -0.25) is 4.79 Å². The monoisotopic (exact) mass is 226 g/mol. The second-order valence-corrected chi connectivity index (χ2v) is 5.16. The van der Waals surface area contributed by atoms with Gasteiger partial charge in [0.05, 0.1) is 0 Å². The molecule has 1 heterocycles. The van der Waals surface area contributed by atoms with Gasteiger partial charge in [0.1, 0.15) is 0 Å². The molecule has 1 N–H and O–H groups in total. The van der Waals surface area contributed by atoms with Gasteiger partial charge in [-0.25, -0.2) is 0 Å². The van der Waals surface area contributed by atoms with E-state index in [0.29, 0.717) is 17.9 Å². The van der Waals surface area contributed by atoms with Crippen molar-refractivity contribution in [3.8, 4) is 0 Å². The van der Waals surface area contributed by atoms with Crippen LogP contribution in [0.2, 0.25) is 0 Å². The van der Waals surface area contributed by atoms with E-state index in [-0.39, 0.29) is 5.92 Å². The first-order valence-electron chi connectivity index (χ1n) is 6.59. The van der Waals surface area contributed by atoms with E-state index in [1.165, 1.54) is 6.42 Å². The predicted octanol–water partition coefficient (Wildman–Crippen LogP) is 1.88. The average molecular weight is 226 g/mol. The standard InChI is InChI=1S/C13H26N2O/c1-5-15(12-7-6-8-14-9-12)13(16)11(4)10(2)3/h10-12,14H,5-9H2,1-4H3. The molecule has 3 nitrogen and oxygen atoms in total. The lowest BCUT2D eigenvalue weighted by molar-refractivity contribution is -0.138. The molecule has 0 aromatic heterocycles. The molecule has 1 amide bonds. The molecule has 0 spiro atoms. The predicted molar refractivity (Wildman–Crippen MR) is 67.3 cm³/mol. The number of hydrogen-bond donors (Lipinski definition) is 1. The summed E-state index contributed by atoms with van der Waals surface area (Å²) in [5, 5.41) is 3.38. The molecule has 0 bridgehead atoms. The third-order valence-corrected chi connectivity index (χ3v) is 3.72. The van der Waals surface area contributed by atoms with Crippen molar-refractivity contribution in [2.24, 2.45) is 11.8 Å². The summed E-state index contributed by atoms with van der Waals surface area (Å²) in [7, 11) is 0. The van der Waals surface area contributed by atoms with Crippen LogP contribution in [0.4, 0.5) is 0 Å². The molecule has 2 unspecified atom stereocenters. The van der Waals surface area contributed by atoms with Crippen LogP contribution >= 0.6 is 0 Å². The minimum absolute atomic E-state index is 0.141. The van der Waals surface area contributed by atoms with Crippen LogP contribution in [0.15, 0.2) is 0 Å². The lowest BCUT2D eigenvalue weighted by Gasteiger charge is -2.36. The maximum Gasteiger partial charge on any atom is 0.225 e. The van der Waals surface area contributed by atoms with Crippen LogP contribution in [0.1, 0.15) is 40.5 Å². The van der Waals surface area contributed by atoms with Gasteiger partial charge < -0.3 is 10.2 Å². The lowest BCUT2D eigenvalue weighted by Crippen LogP contribution is -2.50. The Bertz CT molecular complexity index is 222. The largest absolute Gasteiger partial charge is 0.338 e. The molecule has 16 heavy (non-hydrogen) atoms. The fourth-order valence-corrected chi connectivity index (χ4v) is 2.24. The first-order valence-corrected chi connectivity index (χ1v) is 6.59. The van der Waals surface area contributed by atoms with Crippen LogP contribution in [-0.2, 0) is 4.79 Å². The molecule has 1 aliphatic rings. The molecule has 1 aliphatic heterocycles. The van der Waals surface area contributed by atoms with Crippen molar-refractivity contribution in [3.05, 3.63) is 0 Å². The number of piperidine rings is 1. The van der Waals surface area contributed by atoms with Gasteiger partial charge in [0.15, 0.2) is 0 Å². The molecule has 1 saturated heterocycles. The molecule has 94 valence electrons. The zero-order valence-electron chi connectivity index (χ0n) is 11.1. The highest BCUT2D eigenvalue weighted by Gasteiger charge is 2.28. The minimum Gasteiger partial charge on any atom is -0.338 e. The number of nitrogens with one attached hydrogen (secondary N) is 1. The van der Waals surface area contributed by atoms with Crippen molar-refractivity contribution in [3.63, 3.8) is 0 Å². The zero-order valence-corrected chi connectivity index (χ0v) is 11.1. The molecule has 0 aliphatic carbocycles. The van der Waals surface area contributed by atoms with Gasteiger partial charge in [0.25, 0.3) is 0 Å². The lowest BCUT2D eigenvalue weighted by atomic mass is 9.95.